The number of nitrogens with one attached hydrogen (secondary N) is 1. The molecule has 0 aliphatic heterocycles. The Morgan fingerprint density at radius 3 is 3.00 bits per heavy atom. The van der Waals surface area contributed by atoms with E-state index in [1.165, 1.54) is 13.1 Å². The van der Waals surface area contributed by atoms with Gasteiger partial charge < -0.3 is 10.1 Å². The van der Waals surface area contributed by atoms with E-state index in [9.17, 15) is 14.7 Å². The Balaban J connectivity index is 2.29. The predicted molar refractivity (Wildman–Crippen MR) is 75.1 cm³/mol. The molecule has 0 radical (unpaired) electrons. The minimum Gasteiger partial charge on any atom is -0.478 e. The summed E-state index contributed by atoms with van der Waals surface area (Å²) in [6, 6.07) is 5.25. The lowest BCUT2D eigenvalue weighted by Crippen LogP contribution is -2.18. The normalized spacial score (nSPS) is 10.1. The molecular weight excluding hydrogens is 292 g/mol. The molecule has 2 aromatic heterocycles. The Hall–Kier alpha value is -2.66. The molecule has 0 aromatic carbocycles. The highest BCUT2D eigenvalue weighted by Gasteiger charge is 2.17. The second-order valence-electron chi connectivity index (χ2n) is 4.10. The van der Waals surface area contributed by atoms with Gasteiger partial charge >= 0.3 is 11.7 Å². The van der Waals surface area contributed by atoms with E-state index in [1.807, 2.05) is 6.07 Å². The molecule has 2 heterocycles. The first-order valence-corrected chi connectivity index (χ1v) is 6.82. The van der Waals surface area contributed by atoms with Gasteiger partial charge in [-0.15, -0.1) is 11.8 Å². The molecule has 0 fully saturated rings. The van der Waals surface area contributed by atoms with Crippen LogP contribution in [0.5, 0.6) is 0 Å². The zero-order valence-electron chi connectivity index (χ0n) is 11.0. The Kier molecular flexibility index (Phi) is 4.35. The number of hydrogen-bond donors (Lipinski definition) is 2. The fourth-order valence-electron chi connectivity index (χ4n) is 1.69. The summed E-state index contributed by atoms with van der Waals surface area (Å²) >= 11 is 1.13. The van der Waals surface area contributed by atoms with E-state index in [4.69, 9.17) is 5.26 Å². The van der Waals surface area contributed by atoms with Crippen molar-refractivity contribution in [3.8, 4) is 6.07 Å². The largest absolute Gasteiger partial charge is 0.478 e. The van der Waals surface area contributed by atoms with E-state index >= 15 is 0 Å². The molecule has 0 spiro atoms. The molecule has 106 valence electrons. The standard InChI is InChI=1S/C13H10N4O3S/c1-7-10(12(18)19)11(17-13(20)16-7)21-6-8-2-3-15-9(4-8)5-14/h2-4H,6H2,1H3,(H,18,19)(H,16,17,20). The van der Waals surface area contributed by atoms with E-state index in [0.29, 0.717) is 5.75 Å². The Morgan fingerprint density at radius 2 is 2.33 bits per heavy atom. The lowest BCUT2D eigenvalue weighted by molar-refractivity contribution is 0.0690. The van der Waals surface area contributed by atoms with E-state index in [-0.39, 0.29) is 22.0 Å². The highest BCUT2D eigenvalue weighted by Crippen LogP contribution is 2.24. The van der Waals surface area contributed by atoms with Crippen LogP contribution in [0.25, 0.3) is 0 Å². The maximum absolute atomic E-state index is 11.4. The van der Waals surface area contributed by atoms with Crippen molar-refractivity contribution in [2.45, 2.75) is 17.7 Å². The molecule has 0 aliphatic carbocycles. The highest BCUT2D eigenvalue weighted by molar-refractivity contribution is 7.98. The number of carboxylic acids is 1. The number of nitriles is 1. The van der Waals surface area contributed by atoms with Crippen LogP contribution in [0, 0.1) is 18.3 Å². The van der Waals surface area contributed by atoms with E-state index in [0.717, 1.165) is 17.3 Å². The molecule has 0 aliphatic rings. The van der Waals surface area contributed by atoms with Crippen LogP contribution in [0.15, 0.2) is 28.2 Å². The van der Waals surface area contributed by atoms with Crippen molar-refractivity contribution in [1.82, 2.24) is 15.0 Å². The van der Waals surface area contributed by atoms with E-state index in [2.05, 4.69) is 15.0 Å². The van der Waals surface area contributed by atoms with Crippen LogP contribution in [0.1, 0.15) is 27.3 Å². The van der Waals surface area contributed by atoms with Gasteiger partial charge in [-0.25, -0.2) is 14.6 Å². The van der Waals surface area contributed by atoms with E-state index < -0.39 is 11.7 Å². The van der Waals surface area contributed by atoms with Crippen molar-refractivity contribution in [3.05, 3.63) is 51.3 Å². The number of H-pyrrole nitrogens is 1. The Labute approximate surface area is 123 Å². The van der Waals surface area contributed by atoms with E-state index in [1.54, 1.807) is 12.1 Å². The summed E-state index contributed by atoms with van der Waals surface area (Å²) in [5, 5.41) is 18.1. The molecule has 2 aromatic rings. The minimum atomic E-state index is -1.15. The first-order chi connectivity index (χ1) is 10.0. The van der Waals surface area contributed by atoms with Gasteiger partial charge in [0, 0.05) is 17.6 Å². The monoisotopic (exact) mass is 302 g/mol. The second-order valence-corrected chi connectivity index (χ2v) is 5.07. The van der Waals surface area contributed by atoms with Gasteiger partial charge in [-0.2, -0.15) is 10.2 Å². The lowest BCUT2D eigenvalue weighted by atomic mass is 10.2. The Morgan fingerprint density at radius 1 is 1.57 bits per heavy atom. The lowest BCUT2D eigenvalue weighted by Gasteiger charge is -2.07. The van der Waals surface area contributed by atoms with Crippen LogP contribution in [-0.2, 0) is 5.75 Å². The van der Waals surface area contributed by atoms with Crippen LogP contribution in [0.3, 0.4) is 0 Å². The van der Waals surface area contributed by atoms with Crippen LogP contribution < -0.4 is 5.69 Å². The third-order valence-corrected chi connectivity index (χ3v) is 3.66. The molecular formula is C13H10N4O3S. The number of nitrogens with zero attached hydrogens (tertiary/aromatic N) is 3. The Bertz CT molecular complexity index is 795. The summed E-state index contributed by atoms with van der Waals surface area (Å²) in [6.07, 6.45) is 1.50. The second kappa shape index (κ2) is 6.19. The number of hydrogen-bond acceptors (Lipinski definition) is 6. The molecule has 0 saturated heterocycles. The van der Waals surface area contributed by atoms with Gasteiger partial charge in [0.1, 0.15) is 22.4 Å². The molecule has 0 unspecified atom stereocenters. The van der Waals surface area contributed by atoms with Crippen molar-refractivity contribution in [3.63, 3.8) is 0 Å². The first kappa shape index (κ1) is 14.7. The van der Waals surface area contributed by atoms with Crippen molar-refractivity contribution in [2.24, 2.45) is 0 Å². The van der Waals surface area contributed by atoms with Gasteiger partial charge in [0.15, 0.2) is 0 Å². The third kappa shape index (κ3) is 3.46. The van der Waals surface area contributed by atoms with Crippen molar-refractivity contribution >= 4 is 17.7 Å². The minimum absolute atomic E-state index is 0.0193. The molecule has 8 heteroatoms. The molecule has 2 rings (SSSR count). The van der Waals surface area contributed by atoms with Crippen LogP contribution >= 0.6 is 11.8 Å². The van der Waals surface area contributed by atoms with Crippen LogP contribution in [-0.4, -0.2) is 26.0 Å². The topological polar surface area (TPSA) is 120 Å². The van der Waals surface area contributed by atoms with Gasteiger partial charge in [-0.3, -0.25) is 0 Å². The zero-order valence-corrected chi connectivity index (χ0v) is 11.8. The number of pyridine rings is 1. The summed E-state index contributed by atoms with van der Waals surface area (Å²) in [6.45, 7) is 1.51. The number of aromatic amines is 1. The fourth-order valence-corrected chi connectivity index (χ4v) is 2.71. The number of carboxylic acid groups (broad SMARTS) is 1. The summed E-state index contributed by atoms with van der Waals surface area (Å²) in [4.78, 5) is 32.5. The number of aromatic nitrogens is 3. The maximum Gasteiger partial charge on any atom is 0.346 e. The average molecular weight is 302 g/mol. The van der Waals surface area contributed by atoms with Crippen molar-refractivity contribution < 1.29 is 9.90 Å². The smallest absolute Gasteiger partial charge is 0.346 e. The number of rotatable bonds is 4. The van der Waals surface area contributed by atoms with Crippen molar-refractivity contribution in [1.29, 1.82) is 5.26 Å². The van der Waals surface area contributed by atoms with Crippen molar-refractivity contribution in [2.75, 3.05) is 0 Å². The SMILES string of the molecule is Cc1[nH]c(=O)nc(SCc2ccnc(C#N)c2)c1C(=O)O. The first-order valence-electron chi connectivity index (χ1n) is 5.83. The summed E-state index contributed by atoms with van der Waals surface area (Å²) < 4.78 is 0. The maximum atomic E-state index is 11.4. The van der Waals surface area contributed by atoms with Crippen LogP contribution in [0.2, 0.25) is 0 Å². The third-order valence-electron chi connectivity index (χ3n) is 2.61. The molecule has 0 amide bonds. The van der Waals surface area contributed by atoms with Gasteiger partial charge in [-0.1, -0.05) is 0 Å². The molecule has 0 atom stereocenters. The van der Waals surface area contributed by atoms with Gasteiger partial charge in [0.2, 0.25) is 0 Å². The summed E-state index contributed by atoms with van der Waals surface area (Å²) in [7, 11) is 0. The van der Waals surface area contributed by atoms with Gasteiger partial charge in [0.05, 0.1) is 0 Å². The quantitative estimate of drug-likeness (QED) is 0.645. The number of thioether (sulfide) groups is 1. The average Bonchev–Trinajstić information content (AvgIpc) is 2.44. The molecule has 7 nitrogen and oxygen atoms in total. The molecule has 21 heavy (non-hydrogen) atoms. The number of carbonyl (C=O) groups is 1. The number of aryl methyl sites for hydroxylation is 1. The van der Waals surface area contributed by atoms with Gasteiger partial charge in [0.25, 0.3) is 0 Å². The number of aromatic carboxylic acids is 1. The fraction of sp³-hybridized carbons (Fsp3) is 0.154. The summed E-state index contributed by atoms with van der Waals surface area (Å²) in [5.41, 5.74) is 0.725. The highest BCUT2D eigenvalue weighted by atomic mass is 32.2. The van der Waals surface area contributed by atoms with Gasteiger partial charge in [-0.05, 0) is 24.6 Å². The molecule has 0 saturated carbocycles. The van der Waals surface area contributed by atoms with Crippen LogP contribution in [0.4, 0.5) is 0 Å². The molecule has 0 bridgehead atoms. The zero-order chi connectivity index (χ0) is 15.4. The predicted octanol–water partition coefficient (Wildman–Crippen LogP) is 1.34. The molecule has 2 N–H and O–H groups in total. The summed E-state index contributed by atoms with van der Waals surface area (Å²) in [5.74, 6) is -0.765.